The van der Waals surface area contributed by atoms with Gasteiger partial charge in [-0.25, -0.2) is 13.8 Å². The van der Waals surface area contributed by atoms with E-state index >= 15 is 0 Å². The standard InChI is InChI=1S/C29H22F2N6O3/c1-2-13-36-24-12-11-23(18-32)33-25(24)27(28(29(36)38)37(39)40)35-16-14-34(15-17-35)26(19-3-7-21(30)8-4-19)20-5-9-22(31)10-6-20/h1,3-12,26H,13-17H2. The second kappa shape index (κ2) is 10.9. The van der Waals surface area contributed by atoms with Gasteiger partial charge in [0.1, 0.15) is 28.9 Å². The Hall–Kier alpha value is -5.13. The molecule has 0 saturated carbocycles. The minimum absolute atomic E-state index is 0.0372. The number of nitrogens with zero attached hydrogens (tertiary/aromatic N) is 6. The number of hydrogen-bond donors (Lipinski definition) is 0. The number of anilines is 1. The number of pyridine rings is 2. The molecule has 4 aromatic rings. The predicted molar refractivity (Wildman–Crippen MR) is 145 cm³/mol. The van der Waals surface area contributed by atoms with Crippen molar-refractivity contribution in [1.82, 2.24) is 14.5 Å². The minimum Gasteiger partial charge on any atom is -0.361 e. The molecule has 0 bridgehead atoms. The maximum Gasteiger partial charge on any atom is 0.359 e. The summed E-state index contributed by atoms with van der Waals surface area (Å²) in [7, 11) is 0. The van der Waals surface area contributed by atoms with E-state index in [1.807, 2.05) is 6.07 Å². The molecule has 3 heterocycles. The molecule has 0 amide bonds. The highest BCUT2D eigenvalue weighted by Crippen LogP contribution is 2.35. The Morgan fingerprint density at radius 3 is 2.05 bits per heavy atom. The SMILES string of the molecule is C#CCn1c(=O)c([N+](=O)[O-])c(N2CCN(C(c3ccc(F)cc3)c3ccc(F)cc3)CC2)c2nc(C#N)ccc21. The third-order valence-electron chi connectivity index (χ3n) is 6.97. The number of piperazine rings is 1. The largest absolute Gasteiger partial charge is 0.361 e. The van der Waals surface area contributed by atoms with Gasteiger partial charge in [-0.1, -0.05) is 30.2 Å². The molecule has 0 unspecified atom stereocenters. The highest BCUT2D eigenvalue weighted by molar-refractivity contribution is 5.94. The topological polar surface area (TPSA) is 108 Å². The van der Waals surface area contributed by atoms with E-state index in [1.54, 1.807) is 29.2 Å². The summed E-state index contributed by atoms with van der Waals surface area (Å²) < 4.78 is 28.5. The van der Waals surface area contributed by atoms with Gasteiger partial charge in [0.05, 0.1) is 23.0 Å². The van der Waals surface area contributed by atoms with Crippen molar-refractivity contribution in [3.05, 3.63) is 110 Å². The van der Waals surface area contributed by atoms with E-state index in [-0.39, 0.29) is 54.2 Å². The molecular formula is C29H22F2N6O3. The molecule has 2 aromatic heterocycles. The molecule has 1 aliphatic rings. The fourth-order valence-electron chi connectivity index (χ4n) is 5.18. The monoisotopic (exact) mass is 540 g/mol. The van der Waals surface area contributed by atoms with Crippen LogP contribution in [0.25, 0.3) is 11.0 Å². The second-order valence-corrected chi connectivity index (χ2v) is 9.25. The molecule has 0 aliphatic carbocycles. The van der Waals surface area contributed by atoms with Gasteiger partial charge in [-0.05, 0) is 47.5 Å². The Kier molecular flexibility index (Phi) is 7.23. The zero-order chi connectivity index (χ0) is 28.4. The Bertz CT molecular complexity index is 1690. The Balaban J connectivity index is 1.56. The average Bonchev–Trinajstić information content (AvgIpc) is 2.96. The van der Waals surface area contributed by atoms with Crippen LogP contribution in [0.2, 0.25) is 0 Å². The van der Waals surface area contributed by atoms with Crippen LogP contribution >= 0.6 is 0 Å². The number of terminal acetylenes is 1. The van der Waals surface area contributed by atoms with Crippen molar-refractivity contribution in [1.29, 1.82) is 5.26 Å². The van der Waals surface area contributed by atoms with Crippen LogP contribution in [0.15, 0.2) is 65.5 Å². The summed E-state index contributed by atoms with van der Waals surface area (Å²) in [6, 6.07) is 16.7. The molecule has 1 aliphatic heterocycles. The first-order valence-corrected chi connectivity index (χ1v) is 12.4. The van der Waals surface area contributed by atoms with Crippen molar-refractivity contribution >= 4 is 22.4 Å². The van der Waals surface area contributed by atoms with Crippen LogP contribution in [-0.4, -0.2) is 45.6 Å². The van der Waals surface area contributed by atoms with E-state index < -0.39 is 16.2 Å². The number of fused-ring (bicyclic) bond motifs is 1. The van der Waals surface area contributed by atoms with E-state index in [0.29, 0.717) is 18.6 Å². The molecule has 0 N–H and O–H groups in total. The van der Waals surface area contributed by atoms with Gasteiger partial charge in [0.25, 0.3) is 0 Å². The second-order valence-electron chi connectivity index (χ2n) is 9.25. The zero-order valence-corrected chi connectivity index (χ0v) is 21.1. The van der Waals surface area contributed by atoms with Gasteiger partial charge >= 0.3 is 11.2 Å². The van der Waals surface area contributed by atoms with Crippen LogP contribution in [0.4, 0.5) is 20.2 Å². The van der Waals surface area contributed by atoms with Gasteiger partial charge in [-0.3, -0.25) is 24.4 Å². The molecule has 40 heavy (non-hydrogen) atoms. The molecule has 0 radical (unpaired) electrons. The van der Waals surface area contributed by atoms with Gasteiger partial charge in [0, 0.05) is 26.2 Å². The normalized spacial score (nSPS) is 13.8. The maximum atomic E-state index is 13.7. The van der Waals surface area contributed by atoms with Crippen LogP contribution < -0.4 is 10.5 Å². The van der Waals surface area contributed by atoms with Gasteiger partial charge in [0.15, 0.2) is 5.69 Å². The summed E-state index contributed by atoms with van der Waals surface area (Å²) in [6.45, 7) is 1.18. The third-order valence-corrected chi connectivity index (χ3v) is 6.97. The summed E-state index contributed by atoms with van der Waals surface area (Å²) in [5.41, 5.74) is 0.603. The fraction of sp³-hybridized carbons (Fsp3) is 0.207. The quantitative estimate of drug-likeness (QED) is 0.207. The predicted octanol–water partition coefficient (Wildman–Crippen LogP) is 4.00. The molecule has 200 valence electrons. The Labute approximate surface area is 227 Å². The number of rotatable bonds is 6. The van der Waals surface area contributed by atoms with Gasteiger partial charge in [0.2, 0.25) is 0 Å². The van der Waals surface area contributed by atoms with Crippen LogP contribution in [0.3, 0.4) is 0 Å². The molecule has 5 rings (SSSR count). The number of hydrogen-bond acceptors (Lipinski definition) is 7. The summed E-state index contributed by atoms with van der Waals surface area (Å²) in [5.74, 6) is 1.59. The summed E-state index contributed by atoms with van der Waals surface area (Å²) in [4.78, 5) is 32.9. The summed E-state index contributed by atoms with van der Waals surface area (Å²) in [5, 5.41) is 21.6. The molecule has 11 heteroatoms. The van der Waals surface area contributed by atoms with E-state index in [1.165, 1.54) is 36.4 Å². The summed E-state index contributed by atoms with van der Waals surface area (Å²) in [6.07, 6.45) is 5.43. The lowest BCUT2D eigenvalue weighted by Crippen LogP contribution is -2.48. The maximum absolute atomic E-state index is 13.7. The highest BCUT2D eigenvalue weighted by atomic mass is 19.1. The number of benzene rings is 2. The average molecular weight is 541 g/mol. The van der Waals surface area contributed by atoms with Gasteiger partial charge in [-0.2, -0.15) is 5.26 Å². The van der Waals surface area contributed by atoms with Crippen molar-refractivity contribution < 1.29 is 13.7 Å². The number of nitriles is 1. The van der Waals surface area contributed by atoms with Crippen molar-refractivity contribution in [2.24, 2.45) is 0 Å². The van der Waals surface area contributed by atoms with Crippen molar-refractivity contribution in [3.63, 3.8) is 0 Å². The van der Waals surface area contributed by atoms with E-state index in [4.69, 9.17) is 6.42 Å². The molecule has 2 aromatic carbocycles. The first-order chi connectivity index (χ1) is 19.3. The first kappa shape index (κ1) is 26.5. The van der Waals surface area contributed by atoms with E-state index in [2.05, 4.69) is 15.8 Å². The number of halogens is 2. The molecule has 1 fully saturated rings. The van der Waals surface area contributed by atoms with Gasteiger partial charge < -0.3 is 4.90 Å². The molecule has 0 atom stereocenters. The van der Waals surface area contributed by atoms with Crippen LogP contribution in [0.1, 0.15) is 22.9 Å². The Morgan fingerprint density at radius 2 is 1.55 bits per heavy atom. The van der Waals surface area contributed by atoms with Crippen molar-refractivity contribution in [2.45, 2.75) is 12.6 Å². The molecule has 9 nitrogen and oxygen atoms in total. The first-order valence-electron chi connectivity index (χ1n) is 12.4. The van der Waals surface area contributed by atoms with Crippen LogP contribution in [0.5, 0.6) is 0 Å². The lowest BCUT2D eigenvalue weighted by atomic mass is 9.96. The molecule has 1 saturated heterocycles. The lowest BCUT2D eigenvalue weighted by Gasteiger charge is -2.40. The van der Waals surface area contributed by atoms with Crippen LogP contribution in [-0.2, 0) is 6.54 Å². The smallest absolute Gasteiger partial charge is 0.359 e. The number of aromatic nitrogens is 2. The van der Waals surface area contributed by atoms with Crippen molar-refractivity contribution in [2.75, 3.05) is 31.1 Å². The minimum atomic E-state index is -0.852. The van der Waals surface area contributed by atoms with E-state index in [0.717, 1.165) is 15.7 Å². The van der Waals surface area contributed by atoms with Crippen molar-refractivity contribution in [3.8, 4) is 18.4 Å². The van der Waals surface area contributed by atoms with Gasteiger partial charge in [-0.15, -0.1) is 6.42 Å². The Morgan fingerprint density at radius 1 is 0.975 bits per heavy atom. The zero-order valence-electron chi connectivity index (χ0n) is 21.1. The third kappa shape index (κ3) is 4.86. The highest BCUT2D eigenvalue weighted by Gasteiger charge is 2.34. The summed E-state index contributed by atoms with van der Waals surface area (Å²) >= 11 is 0. The molecule has 0 spiro atoms. The number of nitro groups is 1. The van der Waals surface area contributed by atoms with Crippen LogP contribution in [0, 0.1) is 45.4 Å². The van der Waals surface area contributed by atoms with E-state index in [9.17, 15) is 29.0 Å². The molecular weight excluding hydrogens is 518 g/mol. The lowest BCUT2D eigenvalue weighted by molar-refractivity contribution is -0.385. The fourth-order valence-corrected chi connectivity index (χ4v) is 5.18.